The molecule has 88 valence electrons. The number of hydrogen-bond acceptors (Lipinski definition) is 1. The summed E-state index contributed by atoms with van der Waals surface area (Å²) in [6.45, 7) is 1.78. The zero-order chi connectivity index (χ0) is 12.4. The van der Waals surface area contributed by atoms with Crippen LogP contribution in [0.5, 0.6) is 0 Å². The number of aryl methyl sites for hydroxylation is 1. The summed E-state index contributed by atoms with van der Waals surface area (Å²) in [6, 6.07) is 11.3. The van der Waals surface area contributed by atoms with Crippen molar-refractivity contribution in [2.75, 3.05) is 0 Å². The first-order valence-corrected chi connectivity index (χ1v) is 5.65. The molecular weight excluding hydrogens is 239 g/mol. The molecule has 0 amide bonds. The standard InChI is InChI=1S/C14H12ClFO/c1-9-8-12(16)6-7-13(9)14(17)10-2-4-11(15)5-3-10/h2-8,14,17H,1H3. The van der Waals surface area contributed by atoms with Gasteiger partial charge < -0.3 is 5.11 Å². The summed E-state index contributed by atoms with van der Waals surface area (Å²) >= 11 is 5.78. The smallest absolute Gasteiger partial charge is 0.123 e. The molecule has 0 aliphatic carbocycles. The van der Waals surface area contributed by atoms with Gasteiger partial charge >= 0.3 is 0 Å². The van der Waals surface area contributed by atoms with Crippen molar-refractivity contribution in [3.8, 4) is 0 Å². The maximum atomic E-state index is 13.0. The molecule has 0 heterocycles. The van der Waals surface area contributed by atoms with Gasteiger partial charge in [0.1, 0.15) is 11.9 Å². The molecule has 0 aliphatic heterocycles. The summed E-state index contributed by atoms with van der Waals surface area (Å²) in [5, 5.41) is 10.8. The molecule has 0 fully saturated rings. The number of halogens is 2. The van der Waals surface area contributed by atoms with Crippen LogP contribution < -0.4 is 0 Å². The Bertz CT molecular complexity index is 522. The highest BCUT2D eigenvalue weighted by Crippen LogP contribution is 2.26. The summed E-state index contributed by atoms with van der Waals surface area (Å²) in [7, 11) is 0. The molecule has 1 unspecified atom stereocenters. The molecule has 1 N–H and O–H groups in total. The molecule has 3 heteroatoms. The summed E-state index contributed by atoms with van der Waals surface area (Å²) < 4.78 is 13.0. The van der Waals surface area contributed by atoms with Gasteiger partial charge in [-0.05, 0) is 47.9 Å². The maximum absolute atomic E-state index is 13.0. The molecule has 1 atom stereocenters. The normalized spacial score (nSPS) is 12.5. The largest absolute Gasteiger partial charge is 0.384 e. The van der Waals surface area contributed by atoms with Gasteiger partial charge in [-0.3, -0.25) is 0 Å². The van der Waals surface area contributed by atoms with Crippen LogP contribution >= 0.6 is 11.6 Å². The summed E-state index contributed by atoms with van der Waals surface area (Å²) in [5.74, 6) is -0.297. The Morgan fingerprint density at radius 2 is 1.76 bits per heavy atom. The van der Waals surface area contributed by atoms with E-state index >= 15 is 0 Å². The third-order valence-corrected chi connectivity index (χ3v) is 2.96. The van der Waals surface area contributed by atoms with Crippen molar-refractivity contribution in [2.24, 2.45) is 0 Å². The van der Waals surface area contributed by atoms with Crippen LogP contribution in [0.15, 0.2) is 42.5 Å². The van der Waals surface area contributed by atoms with Crippen LogP contribution in [0.2, 0.25) is 5.02 Å². The van der Waals surface area contributed by atoms with Gasteiger partial charge in [-0.2, -0.15) is 0 Å². The fraction of sp³-hybridized carbons (Fsp3) is 0.143. The second kappa shape index (κ2) is 4.86. The van der Waals surface area contributed by atoms with Gasteiger partial charge in [0.2, 0.25) is 0 Å². The van der Waals surface area contributed by atoms with Crippen LogP contribution in [-0.2, 0) is 0 Å². The lowest BCUT2D eigenvalue weighted by molar-refractivity contribution is 0.219. The van der Waals surface area contributed by atoms with E-state index in [0.717, 1.165) is 11.1 Å². The Balaban J connectivity index is 2.36. The van der Waals surface area contributed by atoms with Crippen LogP contribution in [0.1, 0.15) is 22.8 Å². The van der Waals surface area contributed by atoms with Crippen molar-refractivity contribution in [1.29, 1.82) is 0 Å². The van der Waals surface area contributed by atoms with Crippen LogP contribution in [0.4, 0.5) is 4.39 Å². The summed E-state index contributed by atoms with van der Waals surface area (Å²) in [5.41, 5.74) is 2.17. The van der Waals surface area contributed by atoms with Crippen LogP contribution in [0, 0.1) is 12.7 Å². The molecule has 0 radical (unpaired) electrons. The van der Waals surface area contributed by atoms with Gasteiger partial charge in [-0.1, -0.05) is 29.8 Å². The summed E-state index contributed by atoms with van der Waals surface area (Å²) in [6.07, 6.45) is -0.757. The molecule has 17 heavy (non-hydrogen) atoms. The lowest BCUT2D eigenvalue weighted by atomic mass is 9.97. The molecule has 2 aromatic rings. The van der Waals surface area contributed by atoms with Crippen molar-refractivity contribution in [1.82, 2.24) is 0 Å². The Morgan fingerprint density at radius 3 is 2.35 bits per heavy atom. The monoisotopic (exact) mass is 250 g/mol. The average molecular weight is 251 g/mol. The predicted molar refractivity (Wildman–Crippen MR) is 66.7 cm³/mol. The van der Waals surface area contributed by atoms with E-state index < -0.39 is 6.10 Å². The molecule has 0 saturated carbocycles. The van der Waals surface area contributed by atoms with Gasteiger partial charge in [0.15, 0.2) is 0 Å². The second-order valence-corrected chi connectivity index (χ2v) is 4.39. The fourth-order valence-corrected chi connectivity index (χ4v) is 1.90. The predicted octanol–water partition coefficient (Wildman–Crippen LogP) is 3.87. The molecule has 0 aromatic heterocycles. The van der Waals surface area contributed by atoms with Crippen molar-refractivity contribution in [2.45, 2.75) is 13.0 Å². The van der Waals surface area contributed by atoms with Gasteiger partial charge in [0.25, 0.3) is 0 Å². The lowest BCUT2D eigenvalue weighted by Crippen LogP contribution is -2.02. The van der Waals surface area contributed by atoms with E-state index in [1.54, 1.807) is 37.3 Å². The van der Waals surface area contributed by atoms with Crippen molar-refractivity contribution < 1.29 is 9.50 Å². The third-order valence-electron chi connectivity index (χ3n) is 2.71. The minimum absolute atomic E-state index is 0.297. The Kier molecular flexibility index (Phi) is 3.46. The van der Waals surface area contributed by atoms with Gasteiger partial charge in [-0.15, -0.1) is 0 Å². The Labute approximate surface area is 104 Å². The highest BCUT2D eigenvalue weighted by atomic mass is 35.5. The Morgan fingerprint density at radius 1 is 1.12 bits per heavy atom. The SMILES string of the molecule is Cc1cc(F)ccc1C(O)c1ccc(Cl)cc1. The first-order valence-electron chi connectivity index (χ1n) is 5.27. The quantitative estimate of drug-likeness (QED) is 0.858. The van der Waals surface area contributed by atoms with Gasteiger partial charge in [0, 0.05) is 5.02 Å². The van der Waals surface area contributed by atoms with E-state index in [1.807, 2.05) is 0 Å². The molecule has 2 aromatic carbocycles. The topological polar surface area (TPSA) is 20.2 Å². The molecular formula is C14H12ClFO. The molecule has 0 bridgehead atoms. The number of aliphatic hydroxyl groups is 1. The van der Waals surface area contributed by atoms with Crippen molar-refractivity contribution in [3.63, 3.8) is 0 Å². The number of aliphatic hydroxyl groups excluding tert-OH is 1. The lowest BCUT2D eigenvalue weighted by Gasteiger charge is -2.14. The zero-order valence-electron chi connectivity index (χ0n) is 9.32. The third kappa shape index (κ3) is 2.65. The van der Waals surface area contributed by atoms with E-state index in [-0.39, 0.29) is 5.82 Å². The Hall–Kier alpha value is -1.38. The number of hydrogen-bond donors (Lipinski definition) is 1. The van der Waals surface area contributed by atoms with Crippen LogP contribution in [-0.4, -0.2) is 5.11 Å². The minimum Gasteiger partial charge on any atom is -0.384 e. The maximum Gasteiger partial charge on any atom is 0.123 e. The fourth-order valence-electron chi connectivity index (χ4n) is 1.77. The molecule has 1 nitrogen and oxygen atoms in total. The van der Waals surface area contributed by atoms with Crippen LogP contribution in [0.3, 0.4) is 0 Å². The van der Waals surface area contributed by atoms with Crippen molar-refractivity contribution >= 4 is 11.6 Å². The first-order chi connectivity index (χ1) is 8.08. The second-order valence-electron chi connectivity index (χ2n) is 3.95. The van der Waals surface area contributed by atoms with E-state index in [9.17, 15) is 9.50 Å². The van der Waals surface area contributed by atoms with E-state index in [1.165, 1.54) is 12.1 Å². The minimum atomic E-state index is -0.757. The van der Waals surface area contributed by atoms with E-state index in [4.69, 9.17) is 11.6 Å². The molecule has 0 saturated heterocycles. The highest BCUT2D eigenvalue weighted by molar-refractivity contribution is 6.30. The number of benzene rings is 2. The molecule has 0 spiro atoms. The number of rotatable bonds is 2. The van der Waals surface area contributed by atoms with Gasteiger partial charge in [-0.25, -0.2) is 4.39 Å². The molecule has 2 rings (SSSR count). The van der Waals surface area contributed by atoms with E-state index in [2.05, 4.69) is 0 Å². The zero-order valence-corrected chi connectivity index (χ0v) is 10.1. The summed E-state index contributed by atoms with van der Waals surface area (Å²) in [4.78, 5) is 0. The van der Waals surface area contributed by atoms with Crippen molar-refractivity contribution in [3.05, 3.63) is 70.0 Å². The van der Waals surface area contributed by atoms with Gasteiger partial charge in [0.05, 0.1) is 0 Å². The van der Waals surface area contributed by atoms with E-state index in [0.29, 0.717) is 10.6 Å². The first kappa shape index (κ1) is 12.1. The molecule has 0 aliphatic rings. The average Bonchev–Trinajstić information content (AvgIpc) is 2.29. The van der Waals surface area contributed by atoms with Crippen LogP contribution in [0.25, 0.3) is 0 Å². The highest BCUT2D eigenvalue weighted by Gasteiger charge is 2.13.